The number of sulfone groups is 2. The van der Waals surface area contributed by atoms with Gasteiger partial charge >= 0.3 is 0 Å². The zero-order chi connectivity index (χ0) is 17.3. The van der Waals surface area contributed by atoms with Crippen LogP contribution in [0.15, 0.2) is 0 Å². The summed E-state index contributed by atoms with van der Waals surface area (Å²) in [5.41, 5.74) is -0.558. The number of thiocarbonyl (C=S) groups is 1. The van der Waals surface area contributed by atoms with E-state index in [4.69, 9.17) is 12.2 Å². The Balaban J connectivity index is 2.08. The van der Waals surface area contributed by atoms with Crippen molar-refractivity contribution in [1.82, 2.24) is 10.2 Å². The Kier molecular flexibility index (Phi) is 5.62. The molecule has 0 aromatic carbocycles. The van der Waals surface area contributed by atoms with Crippen molar-refractivity contribution in [2.75, 3.05) is 29.6 Å². The van der Waals surface area contributed by atoms with Crippen LogP contribution in [0.3, 0.4) is 0 Å². The van der Waals surface area contributed by atoms with Crippen LogP contribution in [0.2, 0.25) is 0 Å². The Morgan fingerprint density at radius 3 is 2.43 bits per heavy atom. The average molecular weight is 383 g/mol. The minimum atomic E-state index is -3.02. The molecule has 0 bridgehead atoms. The standard InChI is InChI=1S/C14H26N2O4S3/c1-3-4-7-16(12-5-8-22(17,18)10-12)13(21)15-14(2)6-9-23(19,20)11-14/h12H,3-11H2,1-2H3,(H,15,21)/t12-,14+/m0/s1. The molecule has 6 nitrogen and oxygen atoms in total. The molecule has 0 aromatic heterocycles. The molecule has 0 saturated carbocycles. The van der Waals surface area contributed by atoms with Gasteiger partial charge in [0.05, 0.1) is 28.6 Å². The molecule has 0 amide bonds. The Bertz CT molecular complexity index is 660. The van der Waals surface area contributed by atoms with Gasteiger partial charge in [0, 0.05) is 12.6 Å². The molecule has 0 unspecified atom stereocenters. The van der Waals surface area contributed by atoms with Crippen LogP contribution in [0, 0.1) is 0 Å². The molecule has 0 radical (unpaired) electrons. The highest BCUT2D eigenvalue weighted by Gasteiger charge is 2.40. The zero-order valence-corrected chi connectivity index (χ0v) is 16.2. The van der Waals surface area contributed by atoms with Crippen LogP contribution < -0.4 is 5.32 Å². The van der Waals surface area contributed by atoms with Gasteiger partial charge in [0.15, 0.2) is 24.8 Å². The van der Waals surface area contributed by atoms with Crippen molar-refractivity contribution >= 4 is 37.0 Å². The van der Waals surface area contributed by atoms with E-state index in [0.29, 0.717) is 24.5 Å². The highest BCUT2D eigenvalue weighted by Crippen LogP contribution is 2.25. The number of nitrogens with one attached hydrogen (secondary N) is 1. The van der Waals surface area contributed by atoms with Crippen molar-refractivity contribution in [3.63, 3.8) is 0 Å². The monoisotopic (exact) mass is 382 g/mol. The summed E-state index contributed by atoms with van der Waals surface area (Å²) in [6.07, 6.45) is 3.03. The third-order valence-corrected chi connectivity index (χ3v) is 8.56. The molecule has 2 rings (SSSR count). The van der Waals surface area contributed by atoms with Gasteiger partial charge in [-0.2, -0.15) is 0 Å². The van der Waals surface area contributed by atoms with Gasteiger partial charge in [-0.15, -0.1) is 0 Å². The highest BCUT2D eigenvalue weighted by molar-refractivity contribution is 7.92. The third kappa shape index (κ3) is 5.03. The molecule has 0 aromatic rings. The minimum Gasteiger partial charge on any atom is -0.356 e. The summed E-state index contributed by atoms with van der Waals surface area (Å²) < 4.78 is 47.0. The topological polar surface area (TPSA) is 83.6 Å². The van der Waals surface area contributed by atoms with Gasteiger partial charge in [-0.3, -0.25) is 0 Å². The molecule has 2 heterocycles. The summed E-state index contributed by atoms with van der Waals surface area (Å²) in [6.45, 7) is 4.64. The molecular formula is C14H26N2O4S3. The zero-order valence-electron chi connectivity index (χ0n) is 13.7. The lowest BCUT2D eigenvalue weighted by atomic mass is 10.0. The maximum Gasteiger partial charge on any atom is 0.169 e. The van der Waals surface area contributed by atoms with Crippen LogP contribution in [-0.2, 0) is 19.7 Å². The first kappa shape index (κ1) is 18.9. The smallest absolute Gasteiger partial charge is 0.169 e. The molecule has 0 spiro atoms. The van der Waals surface area contributed by atoms with Crippen molar-refractivity contribution in [3.05, 3.63) is 0 Å². The van der Waals surface area contributed by atoms with Crippen LogP contribution >= 0.6 is 12.2 Å². The van der Waals surface area contributed by atoms with E-state index >= 15 is 0 Å². The third-order valence-electron chi connectivity index (χ3n) is 4.57. The summed E-state index contributed by atoms with van der Waals surface area (Å²) in [4.78, 5) is 1.96. The molecular weight excluding hydrogens is 356 g/mol. The Morgan fingerprint density at radius 1 is 1.26 bits per heavy atom. The van der Waals surface area contributed by atoms with E-state index in [1.54, 1.807) is 0 Å². The van der Waals surface area contributed by atoms with E-state index in [1.165, 1.54) is 0 Å². The van der Waals surface area contributed by atoms with Gasteiger partial charge in [0.25, 0.3) is 0 Å². The van der Waals surface area contributed by atoms with E-state index in [0.717, 1.165) is 12.8 Å². The van der Waals surface area contributed by atoms with Gasteiger partial charge < -0.3 is 10.2 Å². The molecule has 0 aliphatic carbocycles. The van der Waals surface area contributed by atoms with E-state index in [9.17, 15) is 16.8 Å². The summed E-state index contributed by atoms with van der Waals surface area (Å²) in [5, 5.41) is 3.69. The second-order valence-corrected chi connectivity index (χ2v) is 11.7. The summed E-state index contributed by atoms with van der Waals surface area (Å²) in [6, 6.07) is -0.104. The fourth-order valence-corrected chi connectivity index (χ4v) is 7.55. The molecule has 2 aliphatic heterocycles. The summed E-state index contributed by atoms with van der Waals surface area (Å²) >= 11 is 5.51. The Morgan fingerprint density at radius 2 is 1.96 bits per heavy atom. The lowest BCUT2D eigenvalue weighted by Crippen LogP contribution is -2.55. The maximum atomic E-state index is 11.8. The molecule has 2 aliphatic rings. The van der Waals surface area contributed by atoms with Crippen LogP contribution in [0.5, 0.6) is 0 Å². The SMILES string of the molecule is CCCCN(C(=S)N[C@]1(C)CCS(=O)(=O)C1)[C@H]1CCS(=O)(=O)C1. The minimum absolute atomic E-state index is 0.0741. The number of hydrogen-bond donors (Lipinski definition) is 1. The first-order chi connectivity index (χ1) is 10.6. The van der Waals surface area contributed by atoms with Gasteiger partial charge in [0.2, 0.25) is 0 Å². The van der Waals surface area contributed by atoms with Crippen LogP contribution in [0.4, 0.5) is 0 Å². The van der Waals surface area contributed by atoms with Crippen molar-refractivity contribution in [1.29, 1.82) is 0 Å². The normalized spacial score (nSPS) is 31.8. The largest absolute Gasteiger partial charge is 0.356 e. The van der Waals surface area contributed by atoms with Crippen molar-refractivity contribution < 1.29 is 16.8 Å². The first-order valence-electron chi connectivity index (χ1n) is 8.05. The van der Waals surface area contributed by atoms with Crippen LogP contribution in [0.1, 0.15) is 39.5 Å². The number of unbranched alkanes of at least 4 members (excludes halogenated alkanes) is 1. The van der Waals surface area contributed by atoms with Gasteiger partial charge in [-0.1, -0.05) is 13.3 Å². The first-order valence-corrected chi connectivity index (χ1v) is 12.1. The van der Waals surface area contributed by atoms with E-state index < -0.39 is 25.2 Å². The van der Waals surface area contributed by atoms with Crippen molar-refractivity contribution in [3.8, 4) is 0 Å². The van der Waals surface area contributed by atoms with Crippen LogP contribution in [-0.4, -0.2) is 68.0 Å². The average Bonchev–Trinajstić information content (AvgIpc) is 2.89. The van der Waals surface area contributed by atoms with E-state index in [-0.39, 0.29) is 29.1 Å². The fraction of sp³-hybridized carbons (Fsp3) is 0.929. The maximum absolute atomic E-state index is 11.8. The molecule has 9 heteroatoms. The predicted molar refractivity (Wildman–Crippen MR) is 96.1 cm³/mol. The molecule has 2 saturated heterocycles. The number of nitrogens with zero attached hydrogens (tertiary/aromatic N) is 1. The Hall–Kier alpha value is -0.410. The second kappa shape index (κ2) is 6.84. The van der Waals surface area contributed by atoms with Crippen LogP contribution in [0.25, 0.3) is 0 Å². The molecule has 2 fully saturated rings. The Labute approximate surface area is 144 Å². The highest BCUT2D eigenvalue weighted by atomic mass is 32.2. The van der Waals surface area contributed by atoms with Gasteiger partial charge in [0.1, 0.15) is 0 Å². The lowest BCUT2D eigenvalue weighted by Gasteiger charge is -2.35. The van der Waals surface area contributed by atoms with Crippen molar-refractivity contribution in [2.45, 2.75) is 51.1 Å². The number of hydrogen-bond acceptors (Lipinski definition) is 5. The number of rotatable bonds is 5. The summed E-state index contributed by atoms with van der Waals surface area (Å²) in [7, 11) is -6.00. The van der Waals surface area contributed by atoms with E-state index in [2.05, 4.69) is 12.2 Å². The molecule has 23 heavy (non-hydrogen) atoms. The second-order valence-electron chi connectivity index (χ2n) is 6.94. The van der Waals surface area contributed by atoms with Gasteiger partial charge in [-0.05, 0) is 38.4 Å². The quantitative estimate of drug-likeness (QED) is 0.702. The lowest BCUT2D eigenvalue weighted by molar-refractivity contribution is 0.311. The van der Waals surface area contributed by atoms with E-state index in [1.807, 2.05) is 11.8 Å². The van der Waals surface area contributed by atoms with Gasteiger partial charge in [-0.25, -0.2) is 16.8 Å². The molecule has 134 valence electrons. The van der Waals surface area contributed by atoms with Crippen molar-refractivity contribution in [2.24, 2.45) is 0 Å². The molecule has 1 N–H and O–H groups in total. The molecule has 2 atom stereocenters. The summed E-state index contributed by atoms with van der Waals surface area (Å²) in [5.74, 6) is 0.582. The fourth-order valence-electron chi connectivity index (χ4n) is 3.24. The predicted octanol–water partition coefficient (Wildman–Crippen LogP) is 0.727.